The average molecular weight is 222 g/mol. The first-order valence-electron chi connectivity index (χ1n) is 6.22. The van der Waals surface area contributed by atoms with Crippen molar-refractivity contribution in [1.29, 1.82) is 0 Å². The number of rotatable bonds is 3. The molecule has 2 heteroatoms. The molecule has 1 aromatic rings. The van der Waals surface area contributed by atoms with Crippen molar-refractivity contribution in [2.75, 3.05) is 0 Å². The third-order valence-corrected chi connectivity index (χ3v) is 3.48. The van der Waals surface area contributed by atoms with E-state index in [1.807, 2.05) is 6.07 Å². The normalized spacial score (nSPS) is 25.4. The van der Waals surface area contributed by atoms with Gasteiger partial charge in [-0.15, -0.1) is 0 Å². The van der Waals surface area contributed by atoms with E-state index in [2.05, 4.69) is 6.92 Å². The van der Waals surface area contributed by atoms with Crippen molar-refractivity contribution in [3.05, 3.63) is 30.1 Å². The third kappa shape index (κ3) is 2.55. The molecule has 1 aliphatic rings. The maximum atomic E-state index is 13.5. The predicted molar refractivity (Wildman–Crippen MR) is 63.1 cm³/mol. The lowest BCUT2D eigenvalue weighted by Gasteiger charge is -2.31. The molecule has 2 rings (SSSR count). The lowest BCUT2D eigenvalue weighted by molar-refractivity contribution is 0.0863. The average Bonchev–Trinajstić information content (AvgIpc) is 2.33. The first-order chi connectivity index (χ1) is 7.81. The first kappa shape index (κ1) is 11.4. The van der Waals surface area contributed by atoms with E-state index in [1.54, 1.807) is 12.1 Å². The fourth-order valence-electron chi connectivity index (χ4n) is 2.50. The largest absolute Gasteiger partial charge is 0.487 e. The summed E-state index contributed by atoms with van der Waals surface area (Å²) >= 11 is 0. The zero-order valence-corrected chi connectivity index (χ0v) is 9.79. The van der Waals surface area contributed by atoms with E-state index in [-0.39, 0.29) is 11.9 Å². The summed E-state index contributed by atoms with van der Waals surface area (Å²) in [6.07, 6.45) is 6.10. The van der Waals surface area contributed by atoms with Crippen molar-refractivity contribution in [3.8, 4) is 5.75 Å². The molecule has 88 valence electrons. The molecule has 1 aromatic carbocycles. The standard InChI is InChI=1S/C14H19FO/c1-2-11-7-3-5-9-13(11)16-14-10-6-4-8-12(14)15/h4,6,8,10-11,13H,2-3,5,7,9H2,1H3. The number of benzene rings is 1. The van der Waals surface area contributed by atoms with E-state index in [0.29, 0.717) is 11.7 Å². The van der Waals surface area contributed by atoms with E-state index >= 15 is 0 Å². The second-order valence-electron chi connectivity index (χ2n) is 4.54. The summed E-state index contributed by atoms with van der Waals surface area (Å²) in [5, 5.41) is 0. The summed E-state index contributed by atoms with van der Waals surface area (Å²) < 4.78 is 19.3. The number of hydrogen-bond acceptors (Lipinski definition) is 1. The molecule has 0 N–H and O–H groups in total. The Morgan fingerprint density at radius 1 is 1.25 bits per heavy atom. The Kier molecular flexibility index (Phi) is 3.81. The highest BCUT2D eigenvalue weighted by atomic mass is 19.1. The van der Waals surface area contributed by atoms with Crippen molar-refractivity contribution in [2.45, 2.75) is 45.1 Å². The zero-order chi connectivity index (χ0) is 11.4. The van der Waals surface area contributed by atoms with E-state index in [4.69, 9.17) is 4.74 Å². The van der Waals surface area contributed by atoms with Crippen molar-refractivity contribution in [3.63, 3.8) is 0 Å². The molecule has 0 saturated heterocycles. The fourth-order valence-corrected chi connectivity index (χ4v) is 2.50. The topological polar surface area (TPSA) is 9.23 Å². The molecule has 1 fully saturated rings. The van der Waals surface area contributed by atoms with Gasteiger partial charge in [0.25, 0.3) is 0 Å². The van der Waals surface area contributed by atoms with Crippen molar-refractivity contribution >= 4 is 0 Å². The molecule has 1 saturated carbocycles. The van der Waals surface area contributed by atoms with Crippen LogP contribution in [0.15, 0.2) is 24.3 Å². The molecular weight excluding hydrogens is 203 g/mol. The third-order valence-electron chi connectivity index (χ3n) is 3.48. The summed E-state index contributed by atoms with van der Waals surface area (Å²) in [4.78, 5) is 0. The summed E-state index contributed by atoms with van der Waals surface area (Å²) in [5.41, 5.74) is 0. The van der Waals surface area contributed by atoms with Gasteiger partial charge in [-0.05, 0) is 43.7 Å². The molecular formula is C14H19FO. The highest BCUT2D eigenvalue weighted by Gasteiger charge is 2.25. The molecule has 0 amide bonds. The highest BCUT2D eigenvalue weighted by molar-refractivity contribution is 5.24. The highest BCUT2D eigenvalue weighted by Crippen LogP contribution is 2.31. The van der Waals surface area contributed by atoms with Crippen LogP contribution in [0.25, 0.3) is 0 Å². The summed E-state index contributed by atoms with van der Waals surface area (Å²) in [6, 6.07) is 6.69. The lowest BCUT2D eigenvalue weighted by Crippen LogP contribution is -2.30. The molecule has 0 aromatic heterocycles. The Morgan fingerprint density at radius 3 is 2.75 bits per heavy atom. The molecule has 1 aliphatic carbocycles. The van der Waals surface area contributed by atoms with Crippen LogP contribution in [0.1, 0.15) is 39.0 Å². The first-order valence-corrected chi connectivity index (χ1v) is 6.22. The van der Waals surface area contributed by atoms with Crippen LogP contribution in [0.3, 0.4) is 0 Å². The van der Waals surface area contributed by atoms with Gasteiger partial charge in [-0.2, -0.15) is 0 Å². The van der Waals surface area contributed by atoms with Gasteiger partial charge in [0, 0.05) is 0 Å². The predicted octanol–water partition coefficient (Wildman–Crippen LogP) is 4.17. The van der Waals surface area contributed by atoms with Gasteiger partial charge in [0.05, 0.1) is 0 Å². The van der Waals surface area contributed by atoms with Crippen LogP contribution in [0.4, 0.5) is 4.39 Å². The van der Waals surface area contributed by atoms with Gasteiger partial charge in [-0.3, -0.25) is 0 Å². The van der Waals surface area contributed by atoms with Crippen molar-refractivity contribution < 1.29 is 9.13 Å². The van der Waals surface area contributed by atoms with Gasteiger partial charge in [0.15, 0.2) is 11.6 Å². The molecule has 2 unspecified atom stereocenters. The Bertz CT molecular complexity index is 337. The Labute approximate surface area is 96.6 Å². The number of hydrogen-bond donors (Lipinski definition) is 0. The minimum atomic E-state index is -0.247. The Morgan fingerprint density at radius 2 is 2.00 bits per heavy atom. The molecule has 2 atom stereocenters. The second-order valence-corrected chi connectivity index (χ2v) is 4.54. The van der Waals surface area contributed by atoms with Crippen LogP contribution in [0.2, 0.25) is 0 Å². The smallest absolute Gasteiger partial charge is 0.165 e. The summed E-state index contributed by atoms with van der Waals surface area (Å²) in [5.74, 6) is 0.754. The molecule has 16 heavy (non-hydrogen) atoms. The van der Waals surface area contributed by atoms with Crippen LogP contribution >= 0.6 is 0 Å². The van der Waals surface area contributed by atoms with Crippen LogP contribution in [-0.4, -0.2) is 6.10 Å². The number of para-hydroxylation sites is 1. The number of ether oxygens (including phenoxy) is 1. The summed E-state index contributed by atoms with van der Waals surface area (Å²) in [7, 11) is 0. The second kappa shape index (κ2) is 5.33. The maximum absolute atomic E-state index is 13.5. The van der Waals surface area contributed by atoms with Gasteiger partial charge in [-0.1, -0.05) is 25.5 Å². The molecule has 1 nitrogen and oxygen atoms in total. The van der Waals surface area contributed by atoms with Crippen LogP contribution in [0, 0.1) is 11.7 Å². The fraction of sp³-hybridized carbons (Fsp3) is 0.571. The van der Waals surface area contributed by atoms with Gasteiger partial charge < -0.3 is 4.74 Å². The quantitative estimate of drug-likeness (QED) is 0.745. The van der Waals surface area contributed by atoms with Crippen molar-refractivity contribution in [1.82, 2.24) is 0 Å². The van der Waals surface area contributed by atoms with Crippen molar-refractivity contribution in [2.24, 2.45) is 5.92 Å². The monoisotopic (exact) mass is 222 g/mol. The molecule has 0 heterocycles. The molecule has 0 aliphatic heterocycles. The van der Waals surface area contributed by atoms with Gasteiger partial charge >= 0.3 is 0 Å². The summed E-state index contributed by atoms with van der Waals surface area (Å²) in [6.45, 7) is 2.19. The maximum Gasteiger partial charge on any atom is 0.165 e. The van der Waals surface area contributed by atoms with E-state index in [9.17, 15) is 4.39 Å². The van der Waals surface area contributed by atoms with E-state index in [1.165, 1.54) is 25.3 Å². The zero-order valence-electron chi connectivity index (χ0n) is 9.79. The SMILES string of the molecule is CCC1CCCCC1Oc1ccccc1F. The minimum absolute atomic E-state index is 0.204. The van der Waals surface area contributed by atoms with Gasteiger partial charge in [0.1, 0.15) is 6.10 Å². The van der Waals surface area contributed by atoms with Crippen LogP contribution in [0.5, 0.6) is 5.75 Å². The minimum Gasteiger partial charge on any atom is -0.487 e. The lowest BCUT2D eigenvalue weighted by atomic mass is 9.85. The molecule has 0 spiro atoms. The number of halogens is 1. The van der Waals surface area contributed by atoms with Gasteiger partial charge in [0.2, 0.25) is 0 Å². The van der Waals surface area contributed by atoms with Gasteiger partial charge in [-0.25, -0.2) is 4.39 Å². The van der Waals surface area contributed by atoms with E-state index in [0.717, 1.165) is 12.8 Å². The molecule has 0 bridgehead atoms. The van der Waals surface area contributed by atoms with Crippen LogP contribution in [-0.2, 0) is 0 Å². The van der Waals surface area contributed by atoms with E-state index < -0.39 is 0 Å². The Balaban J connectivity index is 2.05. The Hall–Kier alpha value is -1.05. The van der Waals surface area contributed by atoms with Crippen LogP contribution < -0.4 is 4.74 Å². The molecule has 0 radical (unpaired) electrons.